The van der Waals surface area contributed by atoms with Crippen molar-refractivity contribution in [1.29, 1.82) is 0 Å². The van der Waals surface area contributed by atoms with Gasteiger partial charge in [-0.2, -0.15) is 17.0 Å². The number of rotatable bonds is 4. The summed E-state index contributed by atoms with van der Waals surface area (Å²) in [7, 11) is -3.28. The lowest BCUT2D eigenvalue weighted by molar-refractivity contribution is 0.167. The third kappa shape index (κ3) is 3.48. The Balaban J connectivity index is 1.94. The van der Waals surface area contributed by atoms with Gasteiger partial charge in [0.25, 0.3) is 10.2 Å². The van der Waals surface area contributed by atoms with Gasteiger partial charge in [0.05, 0.1) is 11.0 Å². The Bertz CT molecular complexity index is 440. The van der Waals surface area contributed by atoms with Crippen LogP contribution in [0, 0.1) is 0 Å². The summed E-state index contributed by atoms with van der Waals surface area (Å²) in [6.07, 6.45) is 3.07. The van der Waals surface area contributed by atoms with E-state index in [0.29, 0.717) is 44.3 Å². The fourth-order valence-electron chi connectivity index (χ4n) is 2.76. The normalized spacial score (nSPS) is 25.4. The van der Waals surface area contributed by atoms with E-state index in [9.17, 15) is 8.42 Å². The summed E-state index contributed by atoms with van der Waals surface area (Å²) in [5.74, 6) is 0. The molecule has 2 aliphatic rings. The lowest BCUT2D eigenvalue weighted by atomic mass is 10.2. The minimum atomic E-state index is -3.28. The Morgan fingerprint density at radius 3 is 2.00 bits per heavy atom. The number of nitrogens with zero attached hydrogens (tertiary/aromatic N) is 3. The lowest BCUT2D eigenvalue weighted by Gasteiger charge is -2.39. The Morgan fingerprint density at radius 1 is 1.00 bits per heavy atom. The monoisotopic (exact) mass is 320 g/mol. The molecule has 6 nitrogen and oxygen atoms in total. The number of hydrogen-bond donors (Lipinski definition) is 1. The van der Waals surface area contributed by atoms with Crippen molar-refractivity contribution < 1.29 is 8.42 Å². The van der Waals surface area contributed by atoms with Crippen LogP contribution in [0.3, 0.4) is 0 Å². The predicted octanol–water partition coefficient (Wildman–Crippen LogP) is 0.00930. The van der Waals surface area contributed by atoms with Crippen molar-refractivity contribution in [3.05, 3.63) is 0 Å². The minimum absolute atomic E-state index is 0.0323. The molecule has 0 amide bonds. The van der Waals surface area contributed by atoms with Crippen molar-refractivity contribution in [2.75, 3.05) is 39.3 Å². The van der Waals surface area contributed by atoms with E-state index < -0.39 is 10.2 Å². The molecule has 20 heavy (non-hydrogen) atoms. The van der Waals surface area contributed by atoms with Crippen LogP contribution in [0.15, 0.2) is 0 Å². The van der Waals surface area contributed by atoms with E-state index >= 15 is 0 Å². The molecule has 2 N–H and O–H groups in total. The van der Waals surface area contributed by atoms with Gasteiger partial charge in [0.1, 0.15) is 0 Å². The minimum Gasteiger partial charge on any atom is -0.392 e. The molecule has 8 heteroatoms. The van der Waals surface area contributed by atoms with E-state index in [1.807, 2.05) is 6.92 Å². The molecule has 0 bridgehead atoms. The van der Waals surface area contributed by atoms with E-state index in [1.165, 1.54) is 0 Å². The fraction of sp³-hybridized carbons (Fsp3) is 0.917. The van der Waals surface area contributed by atoms with Crippen LogP contribution in [0.1, 0.15) is 26.2 Å². The van der Waals surface area contributed by atoms with Crippen molar-refractivity contribution in [1.82, 2.24) is 13.5 Å². The first kappa shape index (κ1) is 16.1. The Kier molecular flexibility index (Phi) is 5.36. The van der Waals surface area contributed by atoms with Crippen LogP contribution in [0.25, 0.3) is 0 Å². The molecule has 0 radical (unpaired) electrons. The number of hydrogen-bond acceptors (Lipinski definition) is 4. The molecule has 0 aliphatic carbocycles. The van der Waals surface area contributed by atoms with Crippen LogP contribution in [0.4, 0.5) is 0 Å². The molecule has 2 heterocycles. The molecule has 0 saturated carbocycles. The van der Waals surface area contributed by atoms with E-state index in [0.717, 1.165) is 19.3 Å². The topological polar surface area (TPSA) is 69.9 Å². The highest BCUT2D eigenvalue weighted by molar-refractivity contribution is 7.86. The summed E-state index contributed by atoms with van der Waals surface area (Å²) in [4.78, 5) is 2.61. The maximum Gasteiger partial charge on any atom is 0.282 e. The Morgan fingerprint density at radius 2 is 1.50 bits per heavy atom. The van der Waals surface area contributed by atoms with Gasteiger partial charge in [-0.25, -0.2) is 0 Å². The molecule has 0 aromatic carbocycles. The van der Waals surface area contributed by atoms with Crippen LogP contribution >= 0.6 is 12.2 Å². The zero-order chi connectivity index (χ0) is 14.8. The van der Waals surface area contributed by atoms with Gasteiger partial charge in [-0.15, -0.1) is 0 Å². The Hall–Kier alpha value is -0.280. The molecule has 1 unspecified atom stereocenters. The molecule has 116 valence electrons. The molecule has 2 saturated heterocycles. The second kappa shape index (κ2) is 6.65. The number of nitrogens with two attached hydrogens (primary N) is 1. The smallest absolute Gasteiger partial charge is 0.282 e. The van der Waals surface area contributed by atoms with Gasteiger partial charge in [-0.1, -0.05) is 18.6 Å². The maximum atomic E-state index is 12.5. The number of piperazine rings is 1. The van der Waals surface area contributed by atoms with Gasteiger partial charge < -0.3 is 5.73 Å². The van der Waals surface area contributed by atoms with Crippen LogP contribution in [-0.4, -0.2) is 72.2 Å². The third-order valence-corrected chi connectivity index (χ3v) is 6.58. The largest absolute Gasteiger partial charge is 0.392 e. The zero-order valence-corrected chi connectivity index (χ0v) is 13.6. The van der Waals surface area contributed by atoms with Gasteiger partial charge in [-0.3, -0.25) is 4.90 Å². The standard InChI is InChI=1S/C12H24N4O2S2/c1-11(12(13)19)14-7-9-16(10-8-14)20(17,18)15-5-3-2-4-6-15/h11H,2-10H2,1H3,(H2,13,19). The average molecular weight is 320 g/mol. The van der Waals surface area contributed by atoms with Gasteiger partial charge in [-0.05, 0) is 19.8 Å². The molecule has 0 spiro atoms. The molecule has 1 atom stereocenters. The van der Waals surface area contributed by atoms with Crippen LogP contribution in [0.2, 0.25) is 0 Å². The summed E-state index contributed by atoms with van der Waals surface area (Å²) in [6.45, 7) is 5.70. The number of thiocarbonyl (C=S) groups is 1. The first-order valence-electron chi connectivity index (χ1n) is 7.21. The van der Waals surface area contributed by atoms with Gasteiger partial charge in [0.15, 0.2) is 0 Å². The Labute approximate surface area is 127 Å². The maximum absolute atomic E-state index is 12.5. The van der Waals surface area contributed by atoms with Gasteiger partial charge >= 0.3 is 0 Å². The zero-order valence-electron chi connectivity index (χ0n) is 12.0. The van der Waals surface area contributed by atoms with E-state index in [2.05, 4.69) is 4.90 Å². The molecule has 0 aromatic rings. The van der Waals surface area contributed by atoms with Crippen molar-refractivity contribution in [3.63, 3.8) is 0 Å². The lowest BCUT2D eigenvalue weighted by Crippen LogP contribution is -2.56. The highest BCUT2D eigenvalue weighted by Gasteiger charge is 2.34. The van der Waals surface area contributed by atoms with E-state index in [1.54, 1.807) is 8.61 Å². The molecular formula is C12H24N4O2S2. The first-order chi connectivity index (χ1) is 9.43. The SMILES string of the molecule is CC(C(N)=S)N1CCN(S(=O)(=O)N2CCCCC2)CC1. The van der Waals surface area contributed by atoms with Crippen molar-refractivity contribution in [2.45, 2.75) is 32.2 Å². The summed E-state index contributed by atoms with van der Waals surface area (Å²) >= 11 is 5.00. The summed E-state index contributed by atoms with van der Waals surface area (Å²) in [6, 6.07) is 0.0323. The van der Waals surface area contributed by atoms with Crippen molar-refractivity contribution >= 4 is 27.4 Å². The molecule has 2 fully saturated rings. The van der Waals surface area contributed by atoms with E-state index in [-0.39, 0.29) is 6.04 Å². The van der Waals surface area contributed by atoms with Crippen LogP contribution < -0.4 is 5.73 Å². The average Bonchev–Trinajstić information content (AvgIpc) is 2.47. The molecular weight excluding hydrogens is 296 g/mol. The summed E-state index contributed by atoms with van der Waals surface area (Å²) in [5.41, 5.74) is 5.65. The second-order valence-electron chi connectivity index (χ2n) is 5.48. The van der Waals surface area contributed by atoms with E-state index in [4.69, 9.17) is 18.0 Å². The van der Waals surface area contributed by atoms with Gasteiger partial charge in [0.2, 0.25) is 0 Å². The van der Waals surface area contributed by atoms with Crippen molar-refractivity contribution in [2.24, 2.45) is 5.73 Å². The number of piperidine rings is 1. The first-order valence-corrected chi connectivity index (χ1v) is 9.02. The summed E-state index contributed by atoms with van der Waals surface area (Å²) in [5, 5.41) is 0. The molecule has 2 rings (SSSR count). The molecule has 2 aliphatic heterocycles. The van der Waals surface area contributed by atoms with Gasteiger partial charge in [0, 0.05) is 39.3 Å². The highest BCUT2D eigenvalue weighted by Crippen LogP contribution is 2.18. The molecule has 0 aromatic heterocycles. The fourth-order valence-corrected chi connectivity index (χ4v) is 4.58. The van der Waals surface area contributed by atoms with Crippen LogP contribution in [-0.2, 0) is 10.2 Å². The van der Waals surface area contributed by atoms with Crippen LogP contribution in [0.5, 0.6) is 0 Å². The highest BCUT2D eigenvalue weighted by atomic mass is 32.2. The third-order valence-electron chi connectivity index (χ3n) is 4.20. The summed E-state index contributed by atoms with van der Waals surface area (Å²) < 4.78 is 28.3. The second-order valence-corrected chi connectivity index (χ2v) is 7.88. The quantitative estimate of drug-likeness (QED) is 0.739. The van der Waals surface area contributed by atoms with Crippen molar-refractivity contribution in [3.8, 4) is 0 Å². The predicted molar refractivity (Wildman–Crippen MR) is 83.7 cm³/mol.